The van der Waals surface area contributed by atoms with Crippen LogP contribution in [0.2, 0.25) is 0 Å². The second-order valence-corrected chi connectivity index (χ2v) is 7.10. The molecule has 1 aromatic carbocycles. The van der Waals surface area contributed by atoms with E-state index in [1.165, 1.54) is 11.5 Å². The van der Waals surface area contributed by atoms with Gasteiger partial charge in [0.1, 0.15) is 11.9 Å². The van der Waals surface area contributed by atoms with Gasteiger partial charge in [0.15, 0.2) is 0 Å². The minimum absolute atomic E-state index is 0.140. The van der Waals surface area contributed by atoms with Crippen molar-refractivity contribution >= 4 is 11.5 Å². The summed E-state index contributed by atoms with van der Waals surface area (Å²) < 4.78 is 9.35. The molecule has 0 amide bonds. The highest BCUT2D eigenvalue weighted by molar-refractivity contribution is 7.05. The minimum atomic E-state index is -0.705. The molecule has 1 unspecified atom stereocenters. The van der Waals surface area contributed by atoms with Crippen LogP contribution in [0.1, 0.15) is 54.1 Å². The summed E-state index contributed by atoms with van der Waals surface area (Å²) in [5.74, 6) is 0.835. The van der Waals surface area contributed by atoms with E-state index in [1.807, 2.05) is 26.0 Å². The van der Waals surface area contributed by atoms with Gasteiger partial charge in [0.2, 0.25) is 0 Å². The van der Waals surface area contributed by atoms with Crippen LogP contribution in [0.15, 0.2) is 12.1 Å². The molecule has 2 aromatic rings. The monoisotopic (exact) mass is 306 g/mol. The number of hydrogen-bond acceptors (Lipinski definition) is 5. The van der Waals surface area contributed by atoms with Gasteiger partial charge in [0, 0.05) is 5.41 Å². The fourth-order valence-electron chi connectivity index (χ4n) is 2.36. The molecule has 1 N–H and O–H groups in total. The lowest BCUT2D eigenvalue weighted by Crippen LogP contribution is -2.16. The molecule has 0 aliphatic carbocycles. The second kappa shape index (κ2) is 5.73. The topological polar surface area (TPSA) is 55.2 Å². The number of aromatic nitrogens is 2. The molecule has 5 heteroatoms. The van der Waals surface area contributed by atoms with Gasteiger partial charge in [-0.05, 0) is 54.2 Å². The van der Waals surface area contributed by atoms with Gasteiger partial charge in [0.25, 0.3) is 0 Å². The average Bonchev–Trinajstić information content (AvgIpc) is 2.89. The zero-order valence-electron chi connectivity index (χ0n) is 13.4. The molecule has 1 aromatic heterocycles. The quantitative estimate of drug-likeness (QED) is 0.942. The van der Waals surface area contributed by atoms with E-state index in [0.717, 1.165) is 33.0 Å². The number of rotatable bonds is 3. The number of aliphatic hydroxyl groups excluding tert-OH is 1. The van der Waals surface area contributed by atoms with Crippen LogP contribution in [-0.2, 0) is 5.41 Å². The summed E-state index contributed by atoms with van der Waals surface area (Å²) >= 11 is 1.26. The van der Waals surface area contributed by atoms with Gasteiger partial charge in [-0.1, -0.05) is 25.3 Å². The van der Waals surface area contributed by atoms with Crippen LogP contribution < -0.4 is 4.74 Å². The van der Waals surface area contributed by atoms with Crippen LogP contribution in [0.4, 0.5) is 0 Å². The molecule has 114 valence electrons. The van der Waals surface area contributed by atoms with Gasteiger partial charge in [-0.2, -0.15) is 0 Å². The van der Waals surface area contributed by atoms with E-state index in [2.05, 4.69) is 30.4 Å². The first-order valence-corrected chi connectivity index (χ1v) is 7.69. The van der Waals surface area contributed by atoms with E-state index in [0.29, 0.717) is 0 Å². The molecule has 1 atom stereocenters. The van der Waals surface area contributed by atoms with Gasteiger partial charge < -0.3 is 9.84 Å². The first kappa shape index (κ1) is 15.9. The molecule has 0 spiro atoms. The van der Waals surface area contributed by atoms with Crippen molar-refractivity contribution in [1.29, 1.82) is 0 Å². The number of benzene rings is 1. The molecule has 0 fully saturated rings. The summed E-state index contributed by atoms with van der Waals surface area (Å²) in [5.41, 5.74) is 3.60. The lowest BCUT2D eigenvalue weighted by atomic mass is 9.88. The molecule has 4 nitrogen and oxygen atoms in total. The maximum absolute atomic E-state index is 10.8. The van der Waals surface area contributed by atoms with Crippen molar-refractivity contribution in [3.8, 4) is 5.75 Å². The number of hydrogen-bond donors (Lipinski definition) is 1. The van der Waals surface area contributed by atoms with Gasteiger partial charge in [-0.25, -0.2) is 0 Å². The van der Waals surface area contributed by atoms with E-state index in [4.69, 9.17) is 4.74 Å². The highest BCUT2D eigenvalue weighted by Crippen LogP contribution is 2.36. The summed E-state index contributed by atoms with van der Waals surface area (Å²) in [4.78, 5) is 0.815. The lowest BCUT2D eigenvalue weighted by molar-refractivity contribution is 0.220. The van der Waals surface area contributed by atoms with Crippen molar-refractivity contribution < 1.29 is 9.84 Å². The van der Waals surface area contributed by atoms with Crippen LogP contribution in [-0.4, -0.2) is 21.8 Å². The fraction of sp³-hybridized carbons (Fsp3) is 0.500. The van der Waals surface area contributed by atoms with Crippen molar-refractivity contribution in [3.63, 3.8) is 0 Å². The summed E-state index contributed by atoms with van der Waals surface area (Å²) in [6.45, 7) is 10.2. The predicted octanol–water partition coefficient (Wildman–Crippen LogP) is 3.54. The molecule has 0 radical (unpaired) electrons. The predicted molar refractivity (Wildman–Crippen MR) is 85.1 cm³/mol. The van der Waals surface area contributed by atoms with Gasteiger partial charge in [0.05, 0.1) is 17.7 Å². The normalized spacial score (nSPS) is 13.3. The Balaban J connectivity index is 2.49. The Hall–Kier alpha value is -1.46. The summed E-state index contributed by atoms with van der Waals surface area (Å²) in [7, 11) is 1.66. The van der Waals surface area contributed by atoms with Crippen molar-refractivity contribution in [2.45, 2.75) is 46.1 Å². The van der Waals surface area contributed by atoms with Crippen LogP contribution in [0.3, 0.4) is 0 Å². The Labute approximate surface area is 130 Å². The summed E-state index contributed by atoms with van der Waals surface area (Å²) in [6, 6.07) is 3.93. The van der Waals surface area contributed by atoms with E-state index in [9.17, 15) is 5.11 Å². The first-order valence-electron chi connectivity index (χ1n) is 6.91. The Morgan fingerprint density at radius 2 is 1.86 bits per heavy atom. The number of ether oxygens (including phenoxy) is 1. The van der Waals surface area contributed by atoms with Crippen molar-refractivity contribution in [2.75, 3.05) is 7.11 Å². The fourth-order valence-corrected chi connectivity index (χ4v) is 3.24. The third kappa shape index (κ3) is 3.09. The zero-order chi connectivity index (χ0) is 15.8. The van der Waals surface area contributed by atoms with Gasteiger partial charge >= 0.3 is 0 Å². The van der Waals surface area contributed by atoms with E-state index < -0.39 is 6.10 Å². The summed E-state index contributed by atoms with van der Waals surface area (Å²) in [6.07, 6.45) is -0.705. The highest BCUT2D eigenvalue weighted by Gasteiger charge is 2.28. The third-order valence-corrected chi connectivity index (χ3v) is 4.33. The van der Waals surface area contributed by atoms with Crippen molar-refractivity contribution in [2.24, 2.45) is 0 Å². The Bertz CT molecular complexity index is 644. The number of aryl methyl sites for hydroxylation is 2. The van der Waals surface area contributed by atoms with Crippen molar-refractivity contribution in [1.82, 2.24) is 9.59 Å². The second-order valence-electron chi connectivity index (χ2n) is 6.32. The molecule has 2 rings (SSSR count). The minimum Gasteiger partial charge on any atom is -0.496 e. The Kier molecular flexibility index (Phi) is 4.35. The van der Waals surface area contributed by atoms with E-state index in [1.54, 1.807) is 7.11 Å². The largest absolute Gasteiger partial charge is 0.496 e. The molecule has 0 bridgehead atoms. The standard InChI is InChI=1S/C16H22N2O2S/c1-9-8-12(20-6)10(2)7-11(9)13(19)14-15(16(3,4)5)17-18-21-14/h7-8,13,19H,1-6H3. The van der Waals surface area contributed by atoms with Crippen LogP contribution in [0.25, 0.3) is 0 Å². The zero-order valence-corrected chi connectivity index (χ0v) is 14.2. The Morgan fingerprint density at radius 3 is 2.43 bits per heavy atom. The smallest absolute Gasteiger partial charge is 0.122 e. The van der Waals surface area contributed by atoms with E-state index >= 15 is 0 Å². The third-order valence-electron chi connectivity index (χ3n) is 3.55. The molecule has 0 saturated heterocycles. The molecule has 1 heterocycles. The van der Waals surface area contributed by atoms with Gasteiger partial charge in [-0.3, -0.25) is 0 Å². The van der Waals surface area contributed by atoms with Crippen molar-refractivity contribution in [3.05, 3.63) is 39.4 Å². The molecule has 0 saturated carbocycles. The maximum atomic E-state index is 10.8. The lowest BCUT2D eigenvalue weighted by Gasteiger charge is -2.20. The molecular weight excluding hydrogens is 284 g/mol. The molecular formula is C16H22N2O2S. The summed E-state index contributed by atoms with van der Waals surface area (Å²) in [5, 5.41) is 15.0. The van der Waals surface area contributed by atoms with Crippen LogP contribution in [0, 0.1) is 13.8 Å². The van der Waals surface area contributed by atoms with Gasteiger partial charge in [-0.15, -0.1) is 5.10 Å². The average molecular weight is 306 g/mol. The number of nitrogens with zero attached hydrogens (tertiary/aromatic N) is 2. The number of methoxy groups -OCH3 is 1. The SMILES string of the molecule is COc1cc(C)c(C(O)c2snnc2C(C)(C)C)cc1C. The maximum Gasteiger partial charge on any atom is 0.122 e. The highest BCUT2D eigenvalue weighted by atomic mass is 32.1. The van der Waals surface area contributed by atoms with Crippen LogP contribution >= 0.6 is 11.5 Å². The first-order chi connectivity index (χ1) is 9.75. The molecule has 0 aliphatic rings. The molecule has 0 aliphatic heterocycles. The Morgan fingerprint density at radius 1 is 1.19 bits per heavy atom. The van der Waals surface area contributed by atoms with Crippen LogP contribution in [0.5, 0.6) is 5.75 Å². The molecule has 21 heavy (non-hydrogen) atoms. The number of aliphatic hydroxyl groups is 1. The van der Waals surface area contributed by atoms with E-state index in [-0.39, 0.29) is 5.41 Å².